The number of hydrogen-bond donors (Lipinski definition) is 2. The van der Waals surface area contributed by atoms with Crippen LogP contribution in [0.3, 0.4) is 0 Å². The summed E-state index contributed by atoms with van der Waals surface area (Å²) in [5.74, 6) is 0.656. The average Bonchev–Trinajstić information content (AvgIpc) is 2.20. The van der Waals surface area contributed by atoms with Crippen molar-refractivity contribution in [2.45, 2.75) is 39.9 Å². The lowest BCUT2D eigenvalue weighted by molar-refractivity contribution is -0.00184. The first-order chi connectivity index (χ1) is 7.47. The molecule has 3 heteroatoms. The second-order valence-corrected chi connectivity index (χ2v) is 4.54. The molecule has 1 rings (SSSR count). The van der Waals surface area contributed by atoms with Gasteiger partial charge in [0.15, 0.2) is 0 Å². The van der Waals surface area contributed by atoms with Gasteiger partial charge in [0, 0.05) is 6.61 Å². The Balaban J connectivity index is 2.99. The molecule has 0 bridgehead atoms. The topological polar surface area (TPSA) is 49.7 Å². The Morgan fingerprint density at radius 1 is 1.44 bits per heavy atom. The van der Waals surface area contributed by atoms with Crippen LogP contribution in [0.1, 0.15) is 27.7 Å². The minimum absolute atomic E-state index is 0.0366. The van der Waals surface area contributed by atoms with Crippen LogP contribution in [0, 0.1) is 11.8 Å². The molecule has 4 atom stereocenters. The first-order valence-corrected chi connectivity index (χ1v) is 5.86. The highest BCUT2D eigenvalue weighted by Crippen LogP contribution is 2.32. The van der Waals surface area contributed by atoms with Gasteiger partial charge in [0.25, 0.3) is 0 Å². The Kier molecular flexibility index (Phi) is 4.56. The number of allylic oxidation sites excluding steroid dienone is 1. The lowest BCUT2D eigenvalue weighted by Gasteiger charge is -2.36. The molecular weight excluding hydrogens is 204 g/mol. The van der Waals surface area contributed by atoms with E-state index in [2.05, 4.69) is 6.92 Å². The highest BCUT2D eigenvalue weighted by molar-refractivity contribution is 5.29. The second-order valence-electron chi connectivity index (χ2n) is 4.54. The maximum Gasteiger partial charge on any atom is 0.0895 e. The second kappa shape index (κ2) is 5.51. The number of aliphatic hydroxyl groups is 2. The largest absolute Gasteiger partial charge is 0.513 e. The van der Waals surface area contributed by atoms with E-state index in [1.54, 1.807) is 19.1 Å². The van der Waals surface area contributed by atoms with Gasteiger partial charge < -0.3 is 14.9 Å². The third-order valence-electron chi connectivity index (χ3n) is 3.26. The molecule has 0 heterocycles. The fraction of sp³-hybridized carbons (Fsp3) is 0.692. The summed E-state index contributed by atoms with van der Waals surface area (Å²) in [7, 11) is 0. The van der Waals surface area contributed by atoms with Crippen molar-refractivity contribution in [2.24, 2.45) is 11.8 Å². The quantitative estimate of drug-likeness (QED) is 0.727. The molecule has 0 saturated carbocycles. The van der Waals surface area contributed by atoms with Crippen LogP contribution in [0.15, 0.2) is 23.5 Å². The molecule has 0 amide bonds. The zero-order valence-corrected chi connectivity index (χ0v) is 10.5. The summed E-state index contributed by atoms with van der Waals surface area (Å²) >= 11 is 0. The first kappa shape index (κ1) is 13.3. The van der Waals surface area contributed by atoms with E-state index in [1.165, 1.54) is 0 Å². The lowest BCUT2D eigenvalue weighted by Crippen LogP contribution is -2.38. The summed E-state index contributed by atoms with van der Waals surface area (Å²) < 4.78 is 5.69. The summed E-state index contributed by atoms with van der Waals surface area (Å²) in [6.07, 6.45) is 2.96. The molecule has 0 aromatic rings. The van der Waals surface area contributed by atoms with Gasteiger partial charge in [-0.3, -0.25) is 0 Å². The van der Waals surface area contributed by atoms with Gasteiger partial charge in [0.05, 0.1) is 18.0 Å². The zero-order valence-electron chi connectivity index (χ0n) is 10.5. The van der Waals surface area contributed by atoms with Crippen LogP contribution in [-0.2, 0) is 4.74 Å². The van der Waals surface area contributed by atoms with Gasteiger partial charge in [-0.2, -0.15) is 0 Å². The molecule has 2 N–H and O–H groups in total. The molecule has 0 radical (unpaired) electrons. The van der Waals surface area contributed by atoms with Crippen molar-refractivity contribution in [3.05, 3.63) is 23.5 Å². The Hall–Kier alpha value is -0.800. The van der Waals surface area contributed by atoms with E-state index in [0.717, 1.165) is 5.57 Å². The number of hydrogen-bond acceptors (Lipinski definition) is 3. The molecule has 16 heavy (non-hydrogen) atoms. The molecule has 0 aliphatic heterocycles. The standard InChI is InChI=1S/C13H22O3/c1-5-16-13-10(4)9(3)12(15)7-11(13)6-8(2)14/h6-7,9-10,12-15H,5H2,1-4H3/b8-6-. The third kappa shape index (κ3) is 2.86. The first-order valence-electron chi connectivity index (χ1n) is 5.86. The summed E-state index contributed by atoms with van der Waals surface area (Å²) in [4.78, 5) is 0. The highest BCUT2D eigenvalue weighted by Gasteiger charge is 2.33. The Bertz CT molecular complexity index is 290. The minimum atomic E-state index is -0.461. The summed E-state index contributed by atoms with van der Waals surface area (Å²) in [5.41, 5.74) is 0.875. The van der Waals surface area contributed by atoms with Crippen molar-refractivity contribution < 1.29 is 14.9 Å². The van der Waals surface area contributed by atoms with Crippen molar-refractivity contribution in [3.63, 3.8) is 0 Å². The smallest absolute Gasteiger partial charge is 0.0895 e. The van der Waals surface area contributed by atoms with Crippen molar-refractivity contribution in [3.8, 4) is 0 Å². The summed E-state index contributed by atoms with van der Waals surface area (Å²) in [5, 5.41) is 19.2. The number of rotatable bonds is 3. The number of aliphatic hydroxyl groups excluding tert-OH is 2. The fourth-order valence-corrected chi connectivity index (χ4v) is 2.13. The number of ether oxygens (including phenoxy) is 1. The monoisotopic (exact) mass is 226 g/mol. The van der Waals surface area contributed by atoms with Crippen molar-refractivity contribution >= 4 is 0 Å². The van der Waals surface area contributed by atoms with Gasteiger partial charge in [-0.05, 0) is 43.4 Å². The Morgan fingerprint density at radius 2 is 2.06 bits per heavy atom. The van der Waals surface area contributed by atoms with E-state index in [4.69, 9.17) is 4.74 Å². The molecule has 0 aromatic carbocycles. The lowest BCUT2D eigenvalue weighted by atomic mass is 9.77. The molecule has 0 aromatic heterocycles. The van der Waals surface area contributed by atoms with E-state index in [-0.39, 0.29) is 23.7 Å². The molecule has 1 aliphatic rings. The Morgan fingerprint density at radius 3 is 2.56 bits per heavy atom. The molecule has 1 aliphatic carbocycles. The van der Waals surface area contributed by atoms with E-state index >= 15 is 0 Å². The minimum Gasteiger partial charge on any atom is -0.513 e. The predicted molar refractivity (Wildman–Crippen MR) is 64.2 cm³/mol. The van der Waals surface area contributed by atoms with Crippen LogP contribution >= 0.6 is 0 Å². The van der Waals surface area contributed by atoms with Gasteiger partial charge in [0.1, 0.15) is 0 Å². The van der Waals surface area contributed by atoms with Crippen LogP contribution in [0.4, 0.5) is 0 Å². The molecule has 0 fully saturated rings. The van der Waals surface area contributed by atoms with E-state index in [9.17, 15) is 10.2 Å². The molecule has 0 saturated heterocycles. The predicted octanol–water partition coefficient (Wildman–Crippen LogP) is 2.43. The van der Waals surface area contributed by atoms with E-state index in [1.807, 2.05) is 13.8 Å². The van der Waals surface area contributed by atoms with E-state index < -0.39 is 6.10 Å². The van der Waals surface area contributed by atoms with Crippen LogP contribution in [0.5, 0.6) is 0 Å². The molecule has 4 unspecified atom stereocenters. The molecule has 92 valence electrons. The van der Waals surface area contributed by atoms with Gasteiger partial charge in [-0.1, -0.05) is 13.8 Å². The average molecular weight is 226 g/mol. The van der Waals surface area contributed by atoms with E-state index in [0.29, 0.717) is 6.61 Å². The molecular formula is C13H22O3. The SMILES string of the molecule is CCOC1C(/C=C(/C)O)=CC(O)C(C)C1C. The van der Waals surface area contributed by atoms with Crippen molar-refractivity contribution in [1.82, 2.24) is 0 Å². The van der Waals surface area contributed by atoms with Gasteiger partial charge in [-0.15, -0.1) is 0 Å². The van der Waals surface area contributed by atoms with Crippen LogP contribution in [0.2, 0.25) is 0 Å². The van der Waals surface area contributed by atoms with Crippen molar-refractivity contribution in [2.75, 3.05) is 6.61 Å². The maximum absolute atomic E-state index is 9.87. The molecule has 0 spiro atoms. The Labute approximate surface area is 97.4 Å². The van der Waals surface area contributed by atoms with Crippen molar-refractivity contribution in [1.29, 1.82) is 0 Å². The fourth-order valence-electron chi connectivity index (χ4n) is 2.13. The summed E-state index contributed by atoms with van der Waals surface area (Å²) in [6, 6.07) is 0. The normalized spacial score (nSPS) is 36.1. The van der Waals surface area contributed by atoms with Crippen LogP contribution < -0.4 is 0 Å². The highest BCUT2D eigenvalue weighted by atomic mass is 16.5. The zero-order chi connectivity index (χ0) is 12.3. The van der Waals surface area contributed by atoms with Gasteiger partial charge >= 0.3 is 0 Å². The molecule has 3 nitrogen and oxygen atoms in total. The van der Waals surface area contributed by atoms with Gasteiger partial charge in [-0.25, -0.2) is 0 Å². The van der Waals surface area contributed by atoms with Crippen LogP contribution in [0.25, 0.3) is 0 Å². The summed E-state index contributed by atoms with van der Waals surface area (Å²) in [6.45, 7) is 8.30. The van der Waals surface area contributed by atoms with Gasteiger partial charge in [0.2, 0.25) is 0 Å². The maximum atomic E-state index is 9.87. The van der Waals surface area contributed by atoms with Crippen LogP contribution in [-0.4, -0.2) is 29.0 Å². The third-order valence-corrected chi connectivity index (χ3v) is 3.26.